The van der Waals surface area contributed by atoms with Gasteiger partial charge in [0.25, 0.3) is 0 Å². The molecule has 172 valence electrons. The number of hydrogen-bond acceptors (Lipinski definition) is 7. The molecule has 1 spiro atoms. The largest absolute Gasteiger partial charge is 0.357 e. The number of nitrogens with one attached hydrogen (secondary N) is 1. The van der Waals surface area contributed by atoms with Gasteiger partial charge in [0.15, 0.2) is 5.78 Å². The zero-order valence-corrected chi connectivity index (χ0v) is 19.2. The topological polar surface area (TPSA) is 88.8 Å². The molecule has 0 saturated carbocycles. The molecule has 0 unspecified atom stereocenters. The van der Waals surface area contributed by atoms with Crippen LogP contribution < -0.4 is 10.2 Å². The summed E-state index contributed by atoms with van der Waals surface area (Å²) in [5.74, 6) is 0.949. The van der Waals surface area contributed by atoms with Crippen LogP contribution in [-0.4, -0.2) is 56.9 Å². The number of nitrogens with zero attached hydrogens (tertiary/aromatic N) is 6. The van der Waals surface area contributed by atoms with Crippen molar-refractivity contribution in [3.05, 3.63) is 66.2 Å². The third-order valence-corrected chi connectivity index (χ3v) is 7.23. The molecule has 2 aliphatic rings. The molecule has 2 aliphatic heterocycles. The summed E-state index contributed by atoms with van der Waals surface area (Å²) in [7, 11) is 1.85. The fraction of sp³-hybridized carbons (Fsp3) is 0.346. The number of hydrogen-bond donors (Lipinski definition) is 1. The minimum Gasteiger partial charge on any atom is -0.357 e. The zero-order valence-electron chi connectivity index (χ0n) is 19.2. The van der Waals surface area contributed by atoms with Gasteiger partial charge in [-0.25, -0.2) is 4.98 Å². The summed E-state index contributed by atoms with van der Waals surface area (Å²) in [6.07, 6.45) is 8.07. The number of piperidine rings is 1. The minimum atomic E-state index is 0.0530. The van der Waals surface area contributed by atoms with E-state index < -0.39 is 0 Å². The van der Waals surface area contributed by atoms with Crippen LogP contribution in [0.3, 0.4) is 0 Å². The molecule has 6 rings (SSSR count). The van der Waals surface area contributed by atoms with Crippen LogP contribution in [0.15, 0.2) is 55.0 Å². The number of anilines is 1. The number of aromatic nitrogens is 5. The monoisotopic (exact) mass is 453 g/mol. The van der Waals surface area contributed by atoms with Crippen molar-refractivity contribution in [3.8, 4) is 11.3 Å². The van der Waals surface area contributed by atoms with Crippen molar-refractivity contribution in [2.75, 3.05) is 31.1 Å². The number of ketones is 1. The molecule has 0 aliphatic carbocycles. The molecular weight excluding hydrogens is 426 g/mol. The molecule has 34 heavy (non-hydrogen) atoms. The second kappa shape index (κ2) is 8.29. The normalized spacial score (nSPS) is 17.1. The molecule has 8 heteroatoms. The van der Waals surface area contributed by atoms with E-state index in [4.69, 9.17) is 0 Å². The Balaban J connectivity index is 1.19. The van der Waals surface area contributed by atoms with Crippen LogP contribution in [0.2, 0.25) is 0 Å². The first-order valence-electron chi connectivity index (χ1n) is 11.8. The second-order valence-electron chi connectivity index (χ2n) is 9.61. The van der Waals surface area contributed by atoms with Crippen LogP contribution >= 0.6 is 0 Å². The van der Waals surface area contributed by atoms with Gasteiger partial charge in [0.1, 0.15) is 11.5 Å². The Kier molecular flexibility index (Phi) is 5.10. The lowest BCUT2D eigenvalue weighted by molar-refractivity contribution is 0.0991. The second-order valence-corrected chi connectivity index (χ2v) is 9.61. The molecule has 2 fully saturated rings. The van der Waals surface area contributed by atoms with Crippen LogP contribution in [0.4, 0.5) is 5.82 Å². The maximum Gasteiger partial charge on any atom is 0.169 e. The lowest BCUT2D eigenvalue weighted by atomic mass is 9.73. The molecule has 2 saturated heterocycles. The molecule has 0 amide bonds. The number of carbonyl (C=O) groups excluding carboxylic acids is 1. The van der Waals surface area contributed by atoms with Gasteiger partial charge in [-0.1, -0.05) is 17.3 Å². The number of benzene rings is 1. The molecular formula is C26H27N7O. The Bertz CT molecular complexity index is 1360. The Hall–Kier alpha value is -3.65. The summed E-state index contributed by atoms with van der Waals surface area (Å²) in [4.78, 5) is 24.5. The van der Waals surface area contributed by atoms with E-state index in [-0.39, 0.29) is 12.2 Å². The summed E-state index contributed by atoms with van der Waals surface area (Å²) < 4.78 is 1.69. The number of carbonyl (C=O) groups is 1. The van der Waals surface area contributed by atoms with Gasteiger partial charge in [-0.2, -0.15) is 0 Å². The molecule has 8 nitrogen and oxygen atoms in total. The van der Waals surface area contributed by atoms with Crippen molar-refractivity contribution in [2.45, 2.75) is 19.3 Å². The van der Waals surface area contributed by atoms with Gasteiger partial charge in [0, 0.05) is 67.8 Å². The number of aryl methyl sites for hydroxylation is 1. The fourth-order valence-corrected chi connectivity index (χ4v) is 5.00. The van der Waals surface area contributed by atoms with Gasteiger partial charge >= 0.3 is 0 Å². The van der Waals surface area contributed by atoms with Crippen molar-refractivity contribution in [2.24, 2.45) is 12.5 Å². The lowest BCUT2D eigenvalue weighted by Gasteiger charge is -2.48. The Labute approximate surface area is 198 Å². The minimum absolute atomic E-state index is 0.0530. The summed E-state index contributed by atoms with van der Waals surface area (Å²) in [5, 5.41) is 13.7. The summed E-state index contributed by atoms with van der Waals surface area (Å²) in [6, 6.07) is 11.8. The van der Waals surface area contributed by atoms with Crippen molar-refractivity contribution >= 4 is 22.4 Å². The van der Waals surface area contributed by atoms with Crippen LogP contribution in [0.5, 0.6) is 0 Å². The van der Waals surface area contributed by atoms with Crippen molar-refractivity contribution in [1.29, 1.82) is 0 Å². The highest BCUT2D eigenvalue weighted by Crippen LogP contribution is 2.36. The fourth-order valence-electron chi connectivity index (χ4n) is 5.00. The van der Waals surface area contributed by atoms with Crippen LogP contribution in [0, 0.1) is 5.41 Å². The first-order chi connectivity index (χ1) is 16.6. The first kappa shape index (κ1) is 20.9. The predicted octanol–water partition coefficient (Wildman–Crippen LogP) is 3.04. The Morgan fingerprint density at radius 2 is 1.91 bits per heavy atom. The number of rotatable bonds is 5. The Morgan fingerprint density at radius 1 is 1.06 bits per heavy atom. The average molecular weight is 454 g/mol. The molecule has 0 bridgehead atoms. The van der Waals surface area contributed by atoms with E-state index in [0.717, 1.165) is 59.7 Å². The first-order valence-corrected chi connectivity index (χ1v) is 11.8. The van der Waals surface area contributed by atoms with E-state index in [0.29, 0.717) is 11.0 Å². The zero-order chi connectivity index (χ0) is 23.1. The van der Waals surface area contributed by atoms with E-state index in [1.54, 1.807) is 16.9 Å². The van der Waals surface area contributed by atoms with Crippen molar-refractivity contribution < 1.29 is 4.79 Å². The van der Waals surface area contributed by atoms with E-state index in [9.17, 15) is 4.79 Å². The summed E-state index contributed by atoms with van der Waals surface area (Å²) in [5.41, 5.74) is 3.73. The SMILES string of the molecule is Cn1cc(-c2ccc3cnc(CC(=O)c4ccnc(N5CCC6(CC5)CNC6)c4)cc3c2)nn1. The molecule has 1 aromatic carbocycles. The van der Waals surface area contributed by atoms with E-state index >= 15 is 0 Å². The quantitative estimate of drug-likeness (QED) is 0.465. The van der Waals surface area contributed by atoms with Gasteiger partial charge in [-0.3, -0.25) is 14.5 Å². The highest BCUT2D eigenvalue weighted by molar-refractivity contribution is 5.98. The maximum absolute atomic E-state index is 13.1. The van der Waals surface area contributed by atoms with Crippen molar-refractivity contribution in [1.82, 2.24) is 30.3 Å². The smallest absolute Gasteiger partial charge is 0.169 e. The van der Waals surface area contributed by atoms with Crippen LogP contribution in [-0.2, 0) is 13.5 Å². The van der Waals surface area contributed by atoms with Crippen LogP contribution in [0.1, 0.15) is 28.9 Å². The van der Waals surface area contributed by atoms with Gasteiger partial charge < -0.3 is 10.2 Å². The van der Waals surface area contributed by atoms with Gasteiger partial charge in [-0.05, 0) is 47.9 Å². The third-order valence-electron chi connectivity index (χ3n) is 7.23. The molecule has 4 aromatic rings. The predicted molar refractivity (Wildman–Crippen MR) is 131 cm³/mol. The molecule has 3 aromatic heterocycles. The van der Waals surface area contributed by atoms with Crippen LogP contribution in [0.25, 0.3) is 22.0 Å². The number of fused-ring (bicyclic) bond motifs is 1. The van der Waals surface area contributed by atoms with E-state index in [1.807, 2.05) is 43.7 Å². The number of Topliss-reactive ketones (excluding diaryl/α,β-unsaturated/α-hetero) is 1. The Morgan fingerprint density at radius 3 is 2.65 bits per heavy atom. The maximum atomic E-state index is 13.1. The molecule has 5 heterocycles. The number of pyridine rings is 2. The third kappa shape index (κ3) is 3.94. The molecule has 1 N–H and O–H groups in total. The highest BCUT2D eigenvalue weighted by Gasteiger charge is 2.39. The van der Waals surface area contributed by atoms with E-state index in [2.05, 4.69) is 36.6 Å². The van der Waals surface area contributed by atoms with Gasteiger partial charge in [0.2, 0.25) is 0 Å². The summed E-state index contributed by atoms with van der Waals surface area (Å²) >= 11 is 0. The summed E-state index contributed by atoms with van der Waals surface area (Å²) in [6.45, 7) is 4.25. The van der Waals surface area contributed by atoms with Crippen molar-refractivity contribution in [3.63, 3.8) is 0 Å². The molecule has 0 atom stereocenters. The highest BCUT2D eigenvalue weighted by atomic mass is 16.1. The van der Waals surface area contributed by atoms with Gasteiger partial charge in [0.05, 0.1) is 12.6 Å². The standard InChI is InChI=1S/C26H27N7O/c1-32-15-23(30-31-32)18-2-3-20-14-29-22(11-21(20)10-18)13-24(34)19-4-7-28-25(12-19)33-8-5-26(6-9-33)16-27-17-26/h2-4,7,10-12,14-15,27H,5-6,8-9,13,16-17H2,1H3. The van der Waals surface area contributed by atoms with Gasteiger partial charge in [-0.15, -0.1) is 5.10 Å². The van der Waals surface area contributed by atoms with E-state index in [1.165, 1.54) is 12.8 Å². The average Bonchev–Trinajstić information content (AvgIpc) is 3.29. The molecule has 0 radical (unpaired) electrons. The lowest BCUT2D eigenvalue weighted by Crippen LogP contribution is -2.58.